The van der Waals surface area contributed by atoms with Crippen LogP contribution in [0.25, 0.3) is 0 Å². The molecule has 20 heavy (non-hydrogen) atoms. The van der Waals surface area contributed by atoms with Gasteiger partial charge in [-0.05, 0) is 25.7 Å². The third-order valence-corrected chi connectivity index (χ3v) is 4.11. The van der Waals surface area contributed by atoms with Crippen molar-refractivity contribution in [2.24, 2.45) is 0 Å². The number of nitrogens with zero attached hydrogens (tertiary/aromatic N) is 2. The van der Waals surface area contributed by atoms with Crippen molar-refractivity contribution in [3.05, 3.63) is 0 Å². The Labute approximate surface area is 120 Å². The molecule has 0 aromatic rings. The van der Waals surface area contributed by atoms with Gasteiger partial charge in [-0.3, -0.25) is 9.59 Å². The summed E-state index contributed by atoms with van der Waals surface area (Å²) in [5, 5.41) is 0. The fraction of sp³-hybridized carbons (Fsp3) is 0.857. The van der Waals surface area contributed by atoms with E-state index in [4.69, 9.17) is 9.47 Å². The zero-order valence-corrected chi connectivity index (χ0v) is 12.3. The number of hydrogen-bond acceptors (Lipinski definition) is 4. The molecule has 2 fully saturated rings. The summed E-state index contributed by atoms with van der Waals surface area (Å²) in [5.41, 5.74) is 0. The van der Waals surface area contributed by atoms with Gasteiger partial charge in [-0.2, -0.15) is 0 Å². The van der Waals surface area contributed by atoms with E-state index in [-0.39, 0.29) is 11.8 Å². The number of ether oxygens (including phenoxy) is 2. The van der Waals surface area contributed by atoms with Gasteiger partial charge >= 0.3 is 0 Å². The Bertz CT molecular complexity index is 315. The first-order valence-corrected chi connectivity index (χ1v) is 7.32. The number of amides is 2. The Morgan fingerprint density at radius 1 is 0.750 bits per heavy atom. The maximum absolute atomic E-state index is 12.4. The maximum Gasteiger partial charge on any atom is 0.254 e. The molecule has 114 valence electrons. The highest BCUT2D eigenvalue weighted by Crippen LogP contribution is 2.17. The molecular weight excluding hydrogens is 260 g/mol. The average Bonchev–Trinajstić information content (AvgIpc) is 3.15. The normalized spacial score (nSPS) is 22.1. The van der Waals surface area contributed by atoms with Gasteiger partial charge in [0.05, 0.1) is 0 Å². The molecule has 0 bridgehead atoms. The van der Waals surface area contributed by atoms with E-state index in [0.717, 1.165) is 51.9 Å². The molecule has 0 aromatic carbocycles. The van der Waals surface area contributed by atoms with Crippen molar-refractivity contribution in [2.45, 2.75) is 37.9 Å². The minimum absolute atomic E-state index is 0.135. The van der Waals surface area contributed by atoms with Gasteiger partial charge in [-0.1, -0.05) is 0 Å². The third kappa shape index (κ3) is 3.12. The molecule has 2 aliphatic heterocycles. The zero-order chi connectivity index (χ0) is 14.5. The van der Waals surface area contributed by atoms with E-state index in [0.29, 0.717) is 0 Å². The first kappa shape index (κ1) is 15.3. The standard InChI is InChI=1S/C14H24N2O4/c1-19-11(13(17)15-7-3-4-8-15)12(20-2)14(18)16-9-5-6-10-16/h11-12H,3-10H2,1-2H3/t11-,12?/m0/s1. The van der Waals surface area contributed by atoms with Gasteiger partial charge in [0.2, 0.25) is 0 Å². The topological polar surface area (TPSA) is 59.1 Å². The number of carbonyl (C=O) groups is 2. The lowest BCUT2D eigenvalue weighted by atomic mass is 10.1. The van der Waals surface area contributed by atoms with Gasteiger partial charge in [0.1, 0.15) is 0 Å². The molecular formula is C14H24N2O4. The van der Waals surface area contributed by atoms with Gasteiger partial charge in [0.25, 0.3) is 11.8 Å². The number of carbonyl (C=O) groups excluding carboxylic acids is 2. The number of rotatable bonds is 5. The molecule has 2 saturated heterocycles. The summed E-state index contributed by atoms with van der Waals surface area (Å²) >= 11 is 0. The van der Waals surface area contributed by atoms with Crippen molar-refractivity contribution < 1.29 is 19.1 Å². The van der Waals surface area contributed by atoms with Crippen LogP contribution in [-0.4, -0.2) is 74.2 Å². The van der Waals surface area contributed by atoms with Crippen LogP contribution in [0.5, 0.6) is 0 Å². The maximum atomic E-state index is 12.4. The van der Waals surface area contributed by atoms with Crippen LogP contribution >= 0.6 is 0 Å². The number of methoxy groups -OCH3 is 2. The van der Waals surface area contributed by atoms with E-state index < -0.39 is 12.2 Å². The minimum Gasteiger partial charge on any atom is -0.368 e. The smallest absolute Gasteiger partial charge is 0.254 e. The van der Waals surface area contributed by atoms with E-state index in [9.17, 15) is 9.59 Å². The highest BCUT2D eigenvalue weighted by atomic mass is 16.5. The van der Waals surface area contributed by atoms with Crippen molar-refractivity contribution in [1.82, 2.24) is 9.80 Å². The minimum atomic E-state index is -0.841. The Morgan fingerprint density at radius 3 is 1.30 bits per heavy atom. The van der Waals surface area contributed by atoms with Gasteiger partial charge in [-0.25, -0.2) is 0 Å². The van der Waals surface area contributed by atoms with Crippen LogP contribution in [0.15, 0.2) is 0 Å². The highest BCUT2D eigenvalue weighted by Gasteiger charge is 2.39. The second-order valence-electron chi connectivity index (χ2n) is 5.38. The molecule has 1 unspecified atom stereocenters. The van der Waals surface area contributed by atoms with E-state index in [2.05, 4.69) is 0 Å². The van der Waals surface area contributed by atoms with E-state index >= 15 is 0 Å². The molecule has 0 aromatic heterocycles. The predicted molar refractivity (Wildman–Crippen MR) is 73.2 cm³/mol. The van der Waals surface area contributed by atoms with Crippen molar-refractivity contribution in [3.8, 4) is 0 Å². The molecule has 0 spiro atoms. The van der Waals surface area contributed by atoms with E-state index in [1.807, 2.05) is 0 Å². The second-order valence-corrected chi connectivity index (χ2v) is 5.38. The van der Waals surface area contributed by atoms with E-state index in [1.165, 1.54) is 14.2 Å². The molecule has 2 rings (SSSR count). The molecule has 2 aliphatic rings. The van der Waals surface area contributed by atoms with Crippen LogP contribution in [0.1, 0.15) is 25.7 Å². The molecule has 0 radical (unpaired) electrons. The van der Waals surface area contributed by atoms with Gasteiger partial charge < -0.3 is 19.3 Å². The Balaban J connectivity index is 2.05. The van der Waals surface area contributed by atoms with Crippen molar-refractivity contribution >= 4 is 11.8 Å². The molecule has 2 heterocycles. The summed E-state index contributed by atoms with van der Waals surface area (Å²) in [6.45, 7) is 2.97. The second kappa shape index (κ2) is 7.04. The molecule has 6 nitrogen and oxygen atoms in total. The summed E-state index contributed by atoms with van der Waals surface area (Å²) in [4.78, 5) is 28.4. The lowest BCUT2D eigenvalue weighted by Gasteiger charge is -2.29. The number of hydrogen-bond donors (Lipinski definition) is 0. The van der Waals surface area contributed by atoms with Crippen molar-refractivity contribution in [3.63, 3.8) is 0 Å². The summed E-state index contributed by atoms with van der Waals surface area (Å²) in [7, 11) is 2.92. The highest BCUT2D eigenvalue weighted by molar-refractivity contribution is 5.91. The van der Waals surface area contributed by atoms with Gasteiger partial charge in [-0.15, -0.1) is 0 Å². The first-order chi connectivity index (χ1) is 9.69. The van der Waals surface area contributed by atoms with Crippen molar-refractivity contribution in [1.29, 1.82) is 0 Å². The van der Waals surface area contributed by atoms with Crippen LogP contribution in [0.2, 0.25) is 0 Å². The first-order valence-electron chi connectivity index (χ1n) is 7.32. The summed E-state index contributed by atoms with van der Waals surface area (Å²) in [6.07, 6.45) is 2.37. The van der Waals surface area contributed by atoms with Gasteiger partial charge in [0.15, 0.2) is 12.2 Å². The molecule has 0 N–H and O–H groups in total. The zero-order valence-electron chi connectivity index (χ0n) is 12.3. The van der Waals surface area contributed by atoms with E-state index in [1.54, 1.807) is 9.80 Å². The molecule has 2 amide bonds. The fourth-order valence-electron chi connectivity index (χ4n) is 2.94. The lowest BCUT2D eigenvalue weighted by molar-refractivity contribution is -0.162. The third-order valence-electron chi connectivity index (χ3n) is 4.11. The van der Waals surface area contributed by atoms with Gasteiger partial charge in [0, 0.05) is 40.4 Å². The molecule has 0 saturated carbocycles. The summed E-state index contributed by atoms with van der Waals surface area (Å²) in [6, 6.07) is 0. The summed E-state index contributed by atoms with van der Waals surface area (Å²) < 4.78 is 10.6. The molecule has 6 heteroatoms. The van der Waals surface area contributed by atoms with Crippen LogP contribution in [0, 0.1) is 0 Å². The van der Waals surface area contributed by atoms with Crippen LogP contribution in [0.3, 0.4) is 0 Å². The van der Waals surface area contributed by atoms with Crippen LogP contribution in [0.4, 0.5) is 0 Å². The quantitative estimate of drug-likeness (QED) is 0.727. The Kier molecular flexibility index (Phi) is 5.37. The largest absolute Gasteiger partial charge is 0.368 e. The fourth-order valence-corrected chi connectivity index (χ4v) is 2.94. The Morgan fingerprint density at radius 2 is 1.05 bits per heavy atom. The Hall–Kier alpha value is -1.14. The summed E-state index contributed by atoms with van der Waals surface area (Å²) in [5.74, 6) is -0.270. The van der Waals surface area contributed by atoms with Crippen LogP contribution < -0.4 is 0 Å². The van der Waals surface area contributed by atoms with Crippen LogP contribution in [-0.2, 0) is 19.1 Å². The molecule has 0 aliphatic carbocycles. The lowest BCUT2D eigenvalue weighted by Crippen LogP contribution is -2.52. The van der Waals surface area contributed by atoms with Crippen molar-refractivity contribution in [2.75, 3.05) is 40.4 Å². The average molecular weight is 284 g/mol. The predicted octanol–water partition coefficient (Wildman–Crippen LogP) is 0.261. The SMILES string of the molecule is COC(C(=O)N1CCCC1)[C@H](OC)C(=O)N1CCCC1. The monoisotopic (exact) mass is 284 g/mol. The number of likely N-dealkylation sites (tertiary alicyclic amines) is 2. The molecule has 2 atom stereocenters.